The van der Waals surface area contributed by atoms with Crippen molar-refractivity contribution in [2.24, 2.45) is 5.92 Å². The summed E-state index contributed by atoms with van der Waals surface area (Å²) < 4.78 is 31.6. The molecule has 3 atom stereocenters. The average Bonchev–Trinajstić information content (AvgIpc) is 3.10. The summed E-state index contributed by atoms with van der Waals surface area (Å²) in [5.74, 6) is -3.04. The molecule has 188 valence electrons. The maximum Gasteiger partial charge on any atom is 0.252 e. The normalized spacial score (nSPS) is 20.7. The lowest BCUT2D eigenvalue weighted by Gasteiger charge is -2.30. The van der Waals surface area contributed by atoms with Crippen LogP contribution in [0, 0.1) is 5.92 Å². The molecular weight excluding hydrogens is 480 g/mol. The van der Waals surface area contributed by atoms with Crippen LogP contribution in [0.2, 0.25) is 0 Å². The fourth-order valence-electron chi connectivity index (χ4n) is 4.24. The third-order valence-corrected chi connectivity index (χ3v) is 8.12. The van der Waals surface area contributed by atoms with Gasteiger partial charge in [-0.15, -0.1) is 0 Å². The number of amides is 2. The van der Waals surface area contributed by atoms with Gasteiger partial charge in [0.15, 0.2) is 15.6 Å². The predicted octanol–water partition coefficient (Wildman–Crippen LogP) is 2.62. The Morgan fingerprint density at radius 2 is 1.69 bits per heavy atom. The predicted molar refractivity (Wildman–Crippen MR) is 136 cm³/mol. The van der Waals surface area contributed by atoms with E-state index in [2.05, 4.69) is 10.6 Å². The van der Waals surface area contributed by atoms with Crippen molar-refractivity contribution in [2.75, 3.05) is 12.4 Å². The number of sulfone groups is 1. The first-order valence-electron chi connectivity index (χ1n) is 11.6. The highest BCUT2D eigenvalue weighted by molar-refractivity contribution is 7.90. The molecule has 1 heterocycles. The molecule has 1 saturated heterocycles. The van der Waals surface area contributed by atoms with Crippen molar-refractivity contribution in [3.8, 4) is 0 Å². The van der Waals surface area contributed by atoms with Gasteiger partial charge in [0.25, 0.3) is 5.91 Å². The van der Waals surface area contributed by atoms with E-state index in [1.54, 1.807) is 68.4 Å². The second-order valence-electron chi connectivity index (χ2n) is 9.17. The van der Waals surface area contributed by atoms with E-state index in [1.165, 1.54) is 0 Å². The van der Waals surface area contributed by atoms with E-state index in [9.17, 15) is 22.8 Å². The molecule has 9 heteroatoms. The highest BCUT2D eigenvalue weighted by Crippen LogP contribution is 2.26. The summed E-state index contributed by atoms with van der Waals surface area (Å²) in [6.07, 6.45) is 0. The van der Waals surface area contributed by atoms with Crippen molar-refractivity contribution in [3.63, 3.8) is 0 Å². The summed E-state index contributed by atoms with van der Waals surface area (Å²) in [4.78, 5) is 38.6. The van der Waals surface area contributed by atoms with E-state index in [-0.39, 0.29) is 18.1 Å². The van der Waals surface area contributed by atoms with E-state index in [1.807, 2.05) is 18.2 Å². The third-order valence-electron chi connectivity index (χ3n) is 6.50. The SMILES string of the molecule is CC1C(=O)COC1(C)NC(=O)C(CS(=O)(=O)Cc1ccccc1)NC(=O)c1cccc2ccccc12. The lowest BCUT2D eigenvalue weighted by atomic mass is 9.97. The zero-order chi connectivity index (χ0) is 25.9. The molecule has 0 aliphatic carbocycles. The second-order valence-corrected chi connectivity index (χ2v) is 11.3. The van der Waals surface area contributed by atoms with E-state index in [0.717, 1.165) is 5.39 Å². The molecule has 4 rings (SSSR count). The van der Waals surface area contributed by atoms with Crippen LogP contribution in [-0.4, -0.2) is 50.1 Å². The van der Waals surface area contributed by atoms with E-state index in [0.29, 0.717) is 16.5 Å². The van der Waals surface area contributed by atoms with Crippen LogP contribution in [0.3, 0.4) is 0 Å². The van der Waals surface area contributed by atoms with Gasteiger partial charge >= 0.3 is 0 Å². The Kier molecular flexibility index (Phi) is 7.23. The van der Waals surface area contributed by atoms with Crippen LogP contribution in [-0.2, 0) is 29.9 Å². The number of hydrogen-bond donors (Lipinski definition) is 2. The molecule has 1 aliphatic heterocycles. The second kappa shape index (κ2) is 10.2. The summed E-state index contributed by atoms with van der Waals surface area (Å²) in [5, 5.41) is 6.78. The first-order chi connectivity index (χ1) is 17.1. The minimum Gasteiger partial charge on any atom is -0.348 e. The largest absolute Gasteiger partial charge is 0.348 e. The molecule has 0 radical (unpaired) electrons. The van der Waals surface area contributed by atoms with Gasteiger partial charge in [-0.3, -0.25) is 14.4 Å². The summed E-state index contributed by atoms with van der Waals surface area (Å²) >= 11 is 0. The highest BCUT2D eigenvalue weighted by Gasteiger charge is 2.45. The number of carbonyl (C=O) groups is 3. The Morgan fingerprint density at radius 1 is 1.03 bits per heavy atom. The maximum atomic E-state index is 13.3. The molecule has 3 unspecified atom stereocenters. The Morgan fingerprint density at radius 3 is 2.39 bits per heavy atom. The molecule has 1 aliphatic rings. The number of ether oxygens (including phenoxy) is 1. The first kappa shape index (κ1) is 25.5. The number of hydrogen-bond acceptors (Lipinski definition) is 6. The molecule has 1 fully saturated rings. The van der Waals surface area contributed by atoms with Crippen molar-refractivity contribution in [3.05, 3.63) is 83.9 Å². The van der Waals surface area contributed by atoms with E-state index in [4.69, 9.17) is 4.74 Å². The van der Waals surface area contributed by atoms with Gasteiger partial charge in [0.2, 0.25) is 5.91 Å². The van der Waals surface area contributed by atoms with Gasteiger partial charge in [0, 0.05) is 5.56 Å². The molecule has 36 heavy (non-hydrogen) atoms. The van der Waals surface area contributed by atoms with Crippen LogP contribution < -0.4 is 10.6 Å². The molecule has 3 aromatic carbocycles. The highest BCUT2D eigenvalue weighted by atomic mass is 32.2. The first-order valence-corrected chi connectivity index (χ1v) is 13.4. The number of rotatable bonds is 8. The fourth-order valence-corrected chi connectivity index (χ4v) is 5.80. The lowest BCUT2D eigenvalue weighted by molar-refractivity contribution is -0.132. The number of ketones is 1. The molecule has 0 aromatic heterocycles. The number of fused-ring (bicyclic) bond motifs is 1. The fraction of sp³-hybridized carbons (Fsp3) is 0.296. The van der Waals surface area contributed by atoms with Crippen LogP contribution >= 0.6 is 0 Å². The summed E-state index contributed by atoms with van der Waals surface area (Å²) in [5.41, 5.74) is -0.416. The Balaban J connectivity index is 1.61. The Bertz CT molecular complexity index is 1400. The van der Waals surface area contributed by atoms with Crippen molar-refractivity contribution < 1.29 is 27.5 Å². The van der Waals surface area contributed by atoms with Crippen molar-refractivity contribution in [1.82, 2.24) is 10.6 Å². The molecule has 0 saturated carbocycles. The zero-order valence-corrected chi connectivity index (χ0v) is 20.9. The standard InChI is InChI=1S/C27H28N2O6S/c1-18-24(30)15-35-27(18,2)29-26(32)23(17-36(33,34)16-19-9-4-3-5-10-19)28-25(31)22-14-8-12-20-11-6-7-13-21(20)22/h3-14,18,23H,15-17H2,1-2H3,(H,28,31)(H,29,32). The van der Waals surface area contributed by atoms with Gasteiger partial charge in [-0.1, -0.05) is 73.7 Å². The quantitative estimate of drug-likeness (QED) is 0.483. The van der Waals surface area contributed by atoms with Crippen LogP contribution in [0.5, 0.6) is 0 Å². The molecule has 2 amide bonds. The Hall–Kier alpha value is -3.56. The summed E-state index contributed by atoms with van der Waals surface area (Å²) in [7, 11) is -3.81. The number of nitrogens with one attached hydrogen (secondary N) is 2. The Labute approximate surface area is 210 Å². The molecule has 3 aromatic rings. The smallest absolute Gasteiger partial charge is 0.252 e. The summed E-state index contributed by atoms with van der Waals surface area (Å²) in [6, 6.07) is 19.7. The molecule has 8 nitrogen and oxygen atoms in total. The van der Waals surface area contributed by atoms with Crippen LogP contribution in [0.25, 0.3) is 10.8 Å². The van der Waals surface area contributed by atoms with Crippen molar-refractivity contribution in [2.45, 2.75) is 31.4 Å². The van der Waals surface area contributed by atoms with Crippen LogP contribution in [0.4, 0.5) is 0 Å². The maximum absolute atomic E-state index is 13.3. The van der Waals surface area contributed by atoms with Gasteiger partial charge in [-0.05, 0) is 29.3 Å². The third kappa shape index (κ3) is 5.63. The number of carbonyl (C=O) groups excluding carboxylic acids is 3. The molecule has 2 N–H and O–H groups in total. The number of Topliss-reactive ketones (excluding diaryl/α,β-unsaturated/α-hetero) is 1. The molecular formula is C27H28N2O6S. The minimum atomic E-state index is -3.81. The summed E-state index contributed by atoms with van der Waals surface area (Å²) in [6.45, 7) is 3.03. The molecule has 0 spiro atoms. The van der Waals surface area contributed by atoms with Crippen LogP contribution in [0.1, 0.15) is 29.8 Å². The minimum absolute atomic E-state index is 0.155. The van der Waals surface area contributed by atoms with Gasteiger partial charge in [0.1, 0.15) is 18.4 Å². The van der Waals surface area contributed by atoms with Crippen molar-refractivity contribution in [1.29, 1.82) is 0 Å². The van der Waals surface area contributed by atoms with Crippen molar-refractivity contribution >= 4 is 38.2 Å². The van der Waals surface area contributed by atoms with Crippen LogP contribution in [0.15, 0.2) is 72.8 Å². The van der Waals surface area contributed by atoms with Gasteiger partial charge < -0.3 is 15.4 Å². The monoisotopic (exact) mass is 508 g/mol. The van der Waals surface area contributed by atoms with Gasteiger partial charge in [0.05, 0.1) is 17.4 Å². The molecule has 0 bridgehead atoms. The van der Waals surface area contributed by atoms with E-state index < -0.39 is 45.1 Å². The van der Waals surface area contributed by atoms with Gasteiger partial charge in [-0.2, -0.15) is 0 Å². The zero-order valence-electron chi connectivity index (χ0n) is 20.1. The topological polar surface area (TPSA) is 119 Å². The van der Waals surface area contributed by atoms with E-state index >= 15 is 0 Å². The van der Waals surface area contributed by atoms with Gasteiger partial charge in [-0.25, -0.2) is 8.42 Å². The average molecular weight is 509 g/mol. The lowest BCUT2D eigenvalue weighted by Crippen LogP contribution is -2.58. The number of benzene rings is 3.